The first kappa shape index (κ1) is 15.1. The Balaban J connectivity index is 1.65. The Morgan fingerprint density at radius 2 is 2.14 bits per heavy atom. The van der Waals surface area contributed by atoms with Gasteiger partial charge in [-0.2, -0.15) is 8.42 Å². The van der Waals surface area contributed by atoms with Crippen LogP contribution in [0.1, 0.15) is 5.56 Å². The molecule has 0 bridgehead atoms. The number of aryl methyl sites for hydroxylation is 1. The Bertz CT molecular complexity index is 780. The standard InChI is InChI=1S/C14H14O6S2/c1-9-4-11(22(15,16)17)2-3-12(9)18-5-10-6-19-13-7-21-8-14(13)20-10/h2-4,7-8,10H,5-6H2,1H3,(H,15,16,17). The Kier molecular flexibility index (Phi) is 3.98. The van der Waals surface area contributed by atoms with Gasteiger partial charge in [-0.3, -0.25) is 4.55 Å². The molecule has 6 nitrogen and oxygen atoms in total. The molecule has 3 rings (SSSR count). The number of fused-ring (bicyclic) bond motifs is 1. The minimum Gasteiger partial charge on any atom is -0.489 e. The van der Waals surface area contributed by atoms with Crippen LogP contribution in [0.25, 0.3) is 0 Å². The fourth-order valence-corrected chi connectivity index (χ4v) is 3.31. The van der Waals surface area contributed by atoms with Crippen LogP contribution in [0.15, 0.2) is 33.9 Å². The van der Waals surface area contributed by atoms with Gasteiger partial charge in [-0.05, 0) is 30.7 Å². The monoisotopic (exact) mass is 342 g/mol. The third-order valence-electron chi connectivity index (χ3n) is 3.18. The second-order valence-corrected chi connectivity index (χ2v) is 7.03. The third kappa shape index (κ3) is 3.18. The number of rotatable bonds is 4. The lowest BCUT2D eigenvalue weighted by atomic mass is 10.2. The quantitative estimate of drug-likeness (QED) is 0.860. The molecule has 1 aliphatic heterocycles. The highest BCUT2D eigenvalue weighted by molar-refractivity contribution is 7.85. The van der Waals surface area contributed by atoms with Gasteiger partial charge in [-0.1, -0.05) is 0 Å². The maximum Gasteiger partial charge on any atom is 0.294 e. The molecule has 0 saturated heterocycles. The predicted octanol–water partition coefficient (Wildman–Crippen LogP) is 2.52. The number of ether oxygens (including phenoxy) is 3. The number of benzene rings is 1. The van der Waals surface area contributed by atoms with Crippen LogP contribution in [0.5, 0.6) is 17.2 Å². The van der Waals surface area contributed by atoms with Gasteiger partial charge < -0.3 is 14.2 Å². The van der Waals surface area contributed by atoms with Gasteiger partial charge in [0.05, 0.1) is 4.90 Å². The van der Waals surface area contributed by atoms with E-state index in [1.807, 2.05) is 10.8 Å². The van der Waals surface area contributed by atoms with Crippen LogP contribution in [-0.4, -0.2) is 32.3 Å². The van der Waals surface area contributed by atoms with Crippen molar-refractivity contribution in [1.29, 1.82) is 0 Å². The lowest BCUT2D eigenvalue weighted by Crippen LogP contribution is -2.34. The molecule has 0 aliphatic carbocycles. The van der Waals surface area contributed by atoms with Crippen molar-refractivity contribution < 1.29 is 27.2 Å². The molecule has 1 atom stereocenters. The smallest absolute Gasteiger partial charge is 0.294 e. The van der Waals surface area contributed by atoms with Crippen LogP contribution in [0, 0.1) is 6.92 Å². The summed E-state index contributed by atoms with van der Waals surface area (Å²) in [5, 5.41) is 3.75. The Hall–Kier alpha value is -1.77. The Morgan fingerprint density at radius 3 is 2.86 bits per heavy atom. The third-order valence-corrected chi connectivity index (χ3v) is 4.73. The predicted molar refractivity (Wildman–Crippen MR) is 80.7 cm³/mol. The van der Waals surface area contributed by atoms with Gasteiger partial charge in [0.1, 0.15) is 19.0 Å². The molecule has 8 heteroatoms. The fraction of sp³-hybridized carbons (Fsp3) is 0.286. The summed E-state index contributed by atoms with van der Waals surface area (Å²) in [7, 11) is -4.20. The molecule has 0 fully saturated rings. The van der Waals surface area contributed by atoms with Crippen LogP contribution in [-0.2, 0) is 10.1 Å². The van der Waals surface area contributed by atoms with Gasteiger partial charge in [0, 0.05) is 10.8 Å². The average molecular weight is 342 g/mol. The topological polar surface area (TPSA) is 82.1 Å². The highest BCUT2D eigenvalue weighted by Gasteiger charge is 2.22. The molecule has 2 heterocycles. The minimum atomic E-state index is -4.20. The molecule has 1 unspecified atom stereocenters. The van der Waals surface area contributed by atoms with Crippen LogP contribution in [0.2, 0.25) is 0 Å². The van der Waals surface area contributed by atoms with Crippen molar-refractivity contribution in [3.05, 3.63) is 34.5 Å². The van der Waals surface area contributed by atoms with Gasteiger partial charge in [-0.15, -0.1) is 11.3 Å². The second-order valence-electron chi connectivity index (χ2n) is 4.86. The largest absolute Gasteiger partial charge is 0.489 e. The first-order valence-corrected chi connectivity index (χ1v) is 8.88. The number of hydrogen-bond acceptors (Lipinski definition) is 6. The average Bonchev–Trinajstić information content (AvgIpc) is 2.92. The summed E-state index contributed by atoms with van der Waals surface area (Å²) >= 11 is 1.51. The molecule has 0 radical (unpaired) electrons. The zero-order chi connectivity index (χ0) is 15.7. The molecular formula is C14H14O6S2. The molecule has 1 aromatic heterocycles. The number of hydrogen-bond donors (Lipinski definition) is 1. The van der Waals surface area contributed by atoms with E-state index in [1.165, 1.54) is 29.5 Å². The lowest BCUT2D eigenvalue weighted by molar-refractivity contribution is 0.0544. The molecule has 118 valence electrons. The van der Waals surface area contributed by atoms with E-state index in [2.05, 4.69) is 0 Å². The van der Waals surface area contributed by atoms with Crippen LogP contribution in [0.4, 0.5) is 0 Å². The van der Waals surface area contributed by atoms with Crippen molar-refractivity contribution in [2.24, 2.45) is 0 Å². The van der Waals surface area contributed by atoms with Crippen molar-refractivity contribution in [3.8, 4) is 17.2 Å². The van der Waals surface area contributed by atoms with E-state index in [4.69, 9.17) is 18.8 Å². The summed E-state index contributed by atoms with van der Waals surface area (Å²) in [6, 6.07) is 4.17. The minimum absolute atomic E-state index is 0.155. The highest BCUT2D eigenvalue weighted by atomic mass is 32.2. The zero-order valence-electron chi connectivity index (χ0n) is 11.7. The fourth-order valence-electron chi connectivity index (χ4n) is 2.07. The van der Waals surface area contributed by atoms with E-state index in [0.29, 0.717) is 23.7 Å². The van der Waals surface area contributed by atoms with Crippen molar-refractivity contribution in [2.45, 2.75) is 17.9 Å². The molecular weight excluding hydrogens is 328 g/mol. The summed E-state index contributed by atoms with van der Waals surface area (Å²) in [4.78, 5) is -0.155. The Morgan fingerprint density at radius 1 is 1.36 bits per heavy atom. The van der Waals surface area contributed by atoms with E-state index >= 15 is 0 Å². The molecule has 22 heavy (non-hydrogen) atoms. The SMILES string of the molecule is Cc1cc(S(=O)(=O)O)ccc1OCC1COc2cscc2O1. The second kappa shape index (κ2) is 5.79. The summed E-state index contributed by atoms with van der Waals surface area (Å²) < 4.78 is 48.1. The van der Waals surface area contributed by atoms with Gasteiger partial charge in [0.25, 0.3) is 10.1 Å². The first-order valence-electron chi connectivity index (χ1n) is 6.50. The van der Waals surface area contributed by atoms with E-state index in [0.717, 1.165) is 5.75 Å². The normalized spacial score (nSPS) is 17.3. The molecule has 1 N–H and O–H groups in total. The molecule has 0 saturated carbocycles. The van der Waals surface area contributed by atoms with Gasteiger partial charge in [-0.25, -0.2) is 0 Å². The van der Waals surface area contributed by atoms with E-state index in [9.17, 15) is 8.42 Å². The lowest BCUT2D eigenvalue weighted by Gasteiger charge is -2.24. The van der Waals surface area contributed by atoms with Gasteiger partial charge >= 0.3 is 0 Å². The maximum absolute atomic E-state index is 11.1. The molecule has 0 spiro atoms. The van der Waals surface area contributed by atoms with E-state index < -0.39 is 10.1 Å². The van der Waals surface area contributed by atoms with Crippen molar-refractivity contribution in [2.75, 3.05) is 13.2 Å². The summed E-state index contributed by atoms with van der Waals surface area (Å²) in [5.74, 6) is 1.99. The highest BCUT2D eigenvalue weighted by Crippen LogP contribution is 2.35. The molecule has 1 aromatic carbocycles. The van der Waals surface area contributed by atoms with Crippen LogP contribution >= 0.6 is 11.3 Å². The summed E-state index contributed by atoms with van der Waals surface area (Å²) in [5.41, 5.74) is 0.614. The molecule has 1 aliphatic rings. The van der Waals surface area contributed by atoms with Crippen molar-refractivity contribution >= 4 is 21.5 Å². The summed E-state index contributed by atoms with van der Waals surface area (Å²) in [6.45, 7) is 2.38. The van der Waals surface area contributed by atoms with Gasteiger partial charge in [0.2, 0.25) is 0 Å². The molecule has 2 aromatic rings. The van der Waals surface area contributed by atoms with E-state index in [1.54, 1.807) is 6.92 Å². The van der Waals surface area contributed by atoms with Gasteiger partial charge in [0.15, 0.2) is 17.6 Å². The van der Waals surface area contributed by atoms with Crippen molar-refractivity contribution in [3.63, 3.8) is 0 Å². The van der Waals surface area contributed by atoms with E-state index in [-0.39, 0.29) is 17.6 Å². The maximum atomic E-state index is 11.1. The number of thiophene rings is 1. The van der Waals surface area contributed by atoms with Crippen molar-refractivity contribution in [1.82, 2.24) is 0 Å². The first-order chi connectivity index (χ1) is 10.4. The zero-order valence-corrected chi connectivity index (χ0v) is 13.3. The Labute approximate surface area is 132 Å². The van der Waals surface area contributed by atoms with Crippen LogP contribution < -0.4 is 14.2 Å². The molecule has 0 amide bonds. The van der Waals surface area contributed by atoms with Crippen LogP contribution in [0.3, 0.4) is 0 Å². The summed E-state index contributed by atoms with van der Waals surface area (Å²) in [6.07, 6.45) is -0.234.